The zero-order valence-electron chi connectivity index (χ0n) is 9.12. The Labute approximate surface area is 108 Å². The summed E-state index contributed by atoms with van der Waals surface area (Å²) in [6.07, 6.45) is 1.41. The third-order valence-electron chi connectivity index (χ3n) is 2.11. The van der Waals surface area contributed by atoms with E-state index in [4.69, 9.17) is 27.3 Å². The van der Waals surface area contributed by atoms with Gasteiger partial charge in [0.2, 0.25) is 5.88 Å². The third kappa shape index (κ3) is 2.49. The molecule has 0 amide bonds. The zero-order chi connectivity index (χ0) is 13.0. The quantitative estimate of drug-likeness (QED) is 0.383. The second-order valence-electron chi connectivity index (χ2n) is 3.27. The Morgan fingerprint density at radius 3 is 2.83 bits per heavy atom. The Hall–Kier alpha value is -2.34. The Morgan fingerprint density at radius 2 is 2.11 bits per heavy atom. The smallest absolute Gasteiger partial charge is 0.250 e. The maximum absolute atomic E-state index is 8.67. The number of oxime groups is 1. The van der Waals surface area contributed by atoms with E-state index in [2.05, 4.69) is 15.4 Å². The summed E-state index contributed by atoms with van der Waals surface area (Å²) < 4.78 is 5.49. The number of rotatable bonds is 3. The van der Waals surface area contributed by atoms with Gasteiger partial charge in [-0.05, 0) is 18.2 Å². The highest BCUT2D eigenvalue weighted by Gasteiger charge is 2.12. The molecule has 0 unspecified atom stereocenters. The number of nitrogens with zero attached hydrogens (tertiary/aromatic N) is 3. The van der Waals surface area contributed by atoms with Crippen LogP contribution in [-0.2, 0) is 0 Å². The number of hydrogen-bond acceptors (Lipinski definition) is 5. The second kappa shape index (κ2) is 5.33. The number of benzene rings is 1. The monoisotopic (exact) mass is 264 g/mol. The van der Waals surface area contributed by atoms with Crippen molar-refractivity contribution >= 4 is 17.4 Å². The fourth-order valence-electron chi connectivity index (χ4n) is 1.27. The molecule has 0 aliphatic rings. The lowest BCUT2D eigenvalue weighted by atomic mass is 10.3. The molecule has 2 aromatic rings. The molecule has 1 aromatic heterocycles. The lowest BCUT2D eigenvalue weighted by molar-refractivity contribution is 0.318. The van der Waals surface area contributed by atoms with Crippen molar-refractivity contribution < 1.29 is 9.94 Å². The van der Waals surface area contributed by atoms with Crippen LogP contribution in [0.5, 0.6) is 11.6 Å². The molecule has 0 saturated heterocycles. The molecule has 0 bridgehead atoms. The van der Waals surface area contributed by atoms with Crippen LogP contribution in [0.15, 0.2) is 41.7 Å². The average molecular weight is 265 g/mol. The minimum absolute atomic E-state index is 0.112. The van der Waals surface area contributed by atoms with Gasteiger partial charge in [0.05, 0.1) is 16.8 Å². The summed E-state index contributed by atoms with van der Waals surface area (Å²) in [6.45, 7) is 0. The van der Waals surface area contributed by atoms with E-state index in [0.29, 0.717) is 16.3 Å². The lowest BCUT2D eigenvalue weighted by Crippen LogP contribution is -2.15. The van der Waals surface area contributed by atoms with Gasteiger partial charge in [0.25, 0.3) is 0 Å². The van der Waals surface area contributed by atoms with Crippen LogP contribution in [0.2, 0.25) is 5.02 Å². The van der Waals surface area contributed by atoms with E-state index in [9.17, 15) is 0 Å². The molecule has 0 aliphatic carbocycles. The molecule has 18 heavy (non-hydrogen) atoms. The molecule has 6 nitrogen and oxygen atoms in total. The van der Waals surface area contributed by atoms with Crippen molar-refractivity contribution in [2.75, 3.05) is 0 Å². The normalized spacial score (nSPS) is 11.3. The third-order valence-corrected chi connectivity index (χ3v) is 2.43. The maximum Gasteiger partial charge on any atom is 0.250 e. The summed E-state index contributed by atoms with van der Waals surface area (Å²) in [5.74, 6) is 0.402. The highest BCUT2D eigenvalue weighted by atomic mass is 35.5. The summed E-state index contributed by atoms with van der Waals surface area (Å²) in [5.41, 5.74) is 5.83. The molecule has 0 aliphatic heterocycles. The van der Waals surface area contributed by atoms with Crippen LogP contribution in [0.3, 0.4) is 0 Å². The molecule has 0 saturated carbocycles. The largest absolute Gasteiger partial charge is 0.435 e. The molecule has 1 heterocycles. The van der Waals surface area contributed by atoms with Crippen molar-refractivity contribution in [2.45, 2.75) is 0 Å². The van der Waals surface area contributed by atoms with Crippen LogP contribution >= 0.6 is 11.6 Å². The molecule has 92 valence electrons. The van der Waals surface area contributed by atoms with Crippen molar-refractivity contribution in [1.29, 1.82) is 0 Å². The number of hydrogen-bond donors (Lipinski definition) is 2. The minimum atomic E-state index is -0.119. The van der Waals surface area contributed by atoms with E-state index in [1.807, 2.05) is 0 Å². The first-order chi connectivity index (χ1) is 8.72. The van der Waals surface area contributed by atoms with Crippen molar-refractivity contribution in [1.82, 2.24) is 10.2 Å². The number of amidine groups is 1. The first kappa shape index (κ1) is 12.1. The highest BCUT2D eigenvalue weighted by molar-refractivity contribution is 6.32. The SMILES string of the molecule is N/C(=N/O)c1ccnnc1Oc1ccccc1Cl. The molecule has 0 fully saturated rings. The predicted octanol–water partition coefficient (Wildman–Crippen LogP) is 2.02. The van der Waals surface area contributed by atoms with Gasteiger partial charge >= 0.3 is 0 Å². The molecule has 1 aromatic carbocycles. The second-order valence-corrected chi connectivity index (χ2v) is 3.67. The van der Waals surface area contributed by atoms with Gasteiger partial charge < -0.3 is 15.7 Å². The zero-order valence-corrected chi connectivity index (χ0v) is 9.87. The average Bonchev–Trinajstić information content (AvgIpc) is 2.41. The van der Waals surface area contributed by atoms with E-state index in [1.54, 1.807) is 24.3 Å². The van der Waals surface area contributed by atoms with Crippen LogP contribution in [-0.4, -0.2) is 21.2 Å². The van der Waals surface area contributed by atoms with Gasteiger partial charge in [-0.25, -0.2) is 0 Å². The Bertz CT molecular complexity index is 589. The Morgan fingerprint density at radius 1 is 1.33 bits per heavy atom. The van der Waals surface area contributed by atoms with Gasteiger partial charge in [0.1, 0.15) is 5.75 Å². The molecular weight excluding hydrogens is 256 g/mol. The summed E-state index contributed by atoms with van der Waals surface area (Å²) in [7, 11) is 0. The maximum atomic E-state index is 8.67. The molecule has 0 atom stereocenters. The van der Waals surface area contributed by atoms with Crippen molar-refractivity contribution in [3.63, 3.8) is 0 Å². The van der Waals surface area contributed by atoms with E-state index in [-0.39, 0.29) is 11.7 Å². The van der Waals surface area contributed by atoms with Crippen LogP contribution in [0, 0.1) is 0 Å². The summed E-state index contributed by atoms with van der Waals surface area (Å²) >= 11 is 5.96. The number of nitrogens with two attached hydrogens (primary N) is 1. The predicted molar refractivity (Wildman–Crippen MR) is 66.1 cm³/mol. The fraction of sp³-hybridized carbons (Fsp3) is 0. The van der Waals surface area contributed by atoms with E-state index < -0.39 is 0 Å². The van der Waals surface area contributed by atoms with Crippen LogP contribution in [0.1, 0.15) is 5.56 Å². The topological polar surface area (TPSA) is 93.6 Å². The molecular formula is C11H9ClN4O2. The van der Waals surface area contributed by atoms with Gasteiger partial charge in [-0.1, -0.05) is 28.9 Å². The molecule has 0 spiro atoms. The van der Waals surface area contributed by atoms with Crippen LogP contribution in [0.25, 0.3) is 0 Å². The van der Waals surface area contributed by atoms with E-state index >= 15 is 0 Å². The Kier molecular flexibility index (Phi) is 3.59. The van der Waals surface area contributed by atoms with E-state index in [0.717, 1.165) is 0 Å². The number of ether oxygens (including phenoxy) is 1. The van der Waals surface area contributed by atoms with Gasteiger partial charge in [0.15, 0.2) is 5.84 Å². The summed E-state index contributed by atoms with van der Waals surface area (Å²) in [5, 5.41) is 19.4. The van der Waals surface area contributed by atoms with Gasteiger partial charge in [0, 0.05) is 0 Å². The number of aromatic nitrogens is 2. The standard InChI is InChI=1S/C11H9ClN4O2/c12-8-3-1-2-4-9(8)18-11-7(10(13)16-17)5-6-14-15-11/h1-6,17H,(H2,13,16). The number of halogens is 1. The van der Waals surface area contributed by atoms with E-state index in [1.165, 1.54) is 12.3 Å². The Balaban J connectivity index is 2.38. The number of para-hydroxylation sites is 1. The van der Waals surface area contributed by atoms with Gasteiger partial charge in [-0.15, -0.1) is 5.10 Å². The van der Waals surface area contributed by atoms with Crippen molar-refractivity contribution in [3.8, 4) is 11.6 Å². The molecule has 0 radical (unpaired) electrons. The highest BCUT2D eigenvalue weighted by Crippen LogP contribution is 2.28. The fourth-order valence-corrected chi connectivity index (χ4v) is 1.45. The summed E-state index contributed by atoms with van der Waals surface area (Å²) in [6, 6.07) is 8.41. The summed E-state index contributed by atoms with van der Waals surface area (Å²) in [4.78, 5) is 0. The molecule has 2 rings (SSSR count). The first-order valence-corrected chi connectivity index (χ1v) is 5.32. The van der Waals surface area contributed by atoms with Crippen LogP contribution < -0.4 is 10.5 Å². The molecule has 3 N–H and O–H groups in total. The van der Waals surface area contributed by atoms with Crippen LogP contribution in [0.4, 0.5) is 0 Å². The molecule has 7 heteroatoms. The first-order valence-electron chi connectivity index (χ1n) is 4.94. The van der Waals surface area contributed by atoms with Crippen molar-refractivity contribution in [3.05, 3.63) is 47.1 Å². The van der Waals surface area contributed by atoms with Gasteiger partial charge in [-0.2, -0.15) is 5.10 Å². The lowest BCUT2D eigenvalue weighted by Gasteiger charge is -2.08. The minimum Gasteiger partial charge on any atom is -0.435 e. The van der Waals surface area contributed by atoms with Crippen molar-refractivity contribution in [2.24, 2.45) is 10.9 Å². The van der Waals surface area contributed by atoms with Gasteiger partial charge in [-0.3, -0.25) is 0 Å².